The SMILES string of the molecule is CNC(=O)c1ccc2c(c1)CCc1cc(C(=O)NC)ccc1C2(CCNCC(=O)N1[C@H](C#N)C[C@@H]2C[C@@H]21)c1nnn[nH]1. The van der Waals surface area contributed by atoms with Gasteiger partial charge in [0.25, 0.3) is 11.8 Å². The van der Waals surface area contributed by atoms with Crippen molar-refractivity contribution in [1.82, 2.24) is 41.5 Å². The highest BCUT2D eigenvalue weighted by molar-refractivity contribution is 5.95. The van der Waals surface area contributed by atoms with E-state index in [1.165, 1.54) is 0 Å². The monoisotopic (exact) mass is 567 g/mol. The van der Waals surface area contributed by atoms with Gasteiger partial charge in [-0.25, -0.2) is 5.10 Å². The summed E-state index contributed by atoms with van der Waals surface area (Å²) in [7, 11) is 3.21. The minimum Gasteiger partial charge on any atom is -0.355 e. The van der Waals surface area contributed by atoms with Crippen LogP contribution in [0.15, 0.2) is 36.4 Å². The molecule has 1 saturated carbocycles. The van der Waals surface area contributed by atoms with Crippen molar-refractivity contribution in [3.63, 3.8) is 0 Å². The van der Waals surface area contributed by atoms with Crippen molar-refractivity contribution in [2.45, 2.75) is 49.6 Å². The molecule has 2 aliphatic carbocycles. The number of likely N-dealkylation sites (tertiary alicyclic amines) is 1. The van der Waals surface area contributed by atoms with E-state index in [-0.39, 0.29) is 36.3 Å². The topological polar surface area (TPSA) is 169 Å². The van der Waals surface area contributed by atoms with Crippen LogP contribution < -0.4 is 16.0 Å². The first kappa shape index (κ1) is 27.5. The number of nitrogens with one attached hydrogen (secondary N) is 4. The molecule has 2 fully saturated rings. The standard InChI is InChI=1S/C30H33N9O3/c1-32-27(41)19-5-7-23-17(11-19)3-4-18-12-20(28(42)33-2)6-8-24(18)30(23,29-35-37-38-36-29)9-10-34-16-26(40)39-22(15-31)13-21-14-25(21)39/h5-8,11-12,21-22,25,34H,3-4,9-10,13-14,16H2,1-2H3,(H,32,41)(H,33,42)(H,35,36,37,38)/t21-,22+,25+/m1/s1. The number of aryl methyl sites for hydroxylation is 2. The van der Waals surface area contributed by atoms with E-state index >= 15 is 0 Å². The lowest BCUT2D eigenvalue weighted by Crippen LogP contribution is -2.44. The van der Waals surface area contributed by atoms with Crippen LogP contribution in [0.25, 0.3) is 0 Å². The van der Waals surface area contributed by atoms with Crippen LogP contribution >= 0.6 is 0 Å². The van der Waals surface area contributed by atoms with E-state index in [0.717, 1.165) is 35.1 Å². The predicted octanol–water partition coefficient (Wildman–Crippen LogP) is 0.845. The molecule has 6 rings (SSSR count). The summed E-state index contributed by atoms with van der Waals surface area (Å²) in [6.45, 7) is 0.565. The van der Waals surface area contributed by atoms with Gasteiger partial charge >= 0.3 is 0 Å². The fourth-order valence-corrected chi connectivity index (χ4v) is 6.90. The molecule has 0 bridgehead atoms. The molecule has 3 aliphatic rings. The number of nitrogens with zero attached hydrogens (tertiary/aromatic N) is 5. The number of fused-ring (bicyclic) bond motifs is 3. The normalized spacial score (nSPS) is 21.3. The fraction of sp³-hybridized carbons (Fsp3) is 0.433. The zero-order chi connectivity index (χ0) is 29.4. The minimum absolute atomic E-state index is 0.0611. The number of hydrogen-bond donors (Lipinski definition) is 4. The molecular formula is C30H33N9O3. The molecule has 1 aromatic heterocycles. The number of H-pyrrole nitrogens is 1. The van der Waals surface area contributed by atoms with Crippen molar-refractivity contribution in [2.75, 3.05) is 27.2 Å². The molecule has 0 spiro atoms. The summed E-state index contributed by atoms with van der Waals surface area (Å²) in [6, 6.07) is 13.5. The van der Waals surface area contributed by atoms with Gasteiger partial charge in [-0.05, 0) is 102 Å². The Kier molecular flexibility index (Phi) is 7.20. The first-order valence-electron chi connectivity index (χ1n) is 14.3. The van der Waals surface area contributed by atoms with Crippen LogP contribution in [0, 0.1) is 17.2 Å². The molecular weight excluding hydrogens is 534 g/mol. The number of amides is 3. The zero-order valence-electron chi connectivity index (χ0n) is 23.6. The summed E-state index contributed by atoms with van der Waals surface area (Å²) >= 11 is 0. The molecule has 2 heterocycles. The molecule has 1 aliphatic heterocycles. The average molecular weight is 568 g/mol. The number of tetrazole rings is 1. The molecule has 0 radical (unpaired) electrons. The molecule has 0 unspecified atom stereocenters. The second-order valence-corrected chi connectivity index (χ2v) is 11.2. The smallest absolute Gasteiger partial charge is 0.251 e. The third kappa shape index (κ3) is 4.59. The Morgan fingerprint density at radius 3 is 2.21 bits per heavy atom. The van der Waals surface area contributed by atoms with E-state index in [1.54, 1.807) is 31.1 Å². The van der Waals surface area contributed by atoms with Gasteiger partial charge in [-0.2, -0.15) is 5.26 Å². The highest BCUT2D eigenvalue weighted by Gasteiger charge is 2.54. The Balaban J connectivity index is 1.38. The quantitative estimate of drug-likeness (QED) is 0.290. The molecule has 3 atom stereocenters. The van der Waals surface area contributed by atoms with Crippen LogP contribution in [0.1, 0.15) is 68.1 Å². The summed E-state index contributed by atoms with van der Waals surface area (Å²) in [6.07, 6.45) is 3.52. The van der Waals surface area contributed by atoms with Gasteiger partial charge in [0.2, 0.25) is 5.91 Å². The Morgan fingerprint density at radius 2 is 1.67 bits per heavy atom. The van der Waals surface area contributed by atoms with E-state index < -0.39 is 5.41 Å². The average Bonchev–Trinajstić information content (AvgIpc) is 3.40. The van der Waals surface area contributed by atoms with Gasteiger partial charge in [0.05, 0.1) is 18.0 Å². The summed E-state index contributed by atoms with van der Waals surface area (Å²) in [5.41, 5.74) is 4.13. The van der Waals surface area contributed by atoms with Gasteiger partial charge in [-0.3, -0.25) is 14.4 Å². The molecule has 3 amide bonds. The summed E-state index contributed by atoms with van der Waals surface area (Å²) in [5, 5.41) is 33.5. The molecule has 3 aromatic rings. The second-order valence-electron chi connectivity index (χ2n) is 11.2. The molecule has 2 aromatic carbocycles. The second kappa shape index (κ2) is 11.0. The van der Waals surface area contributed by atoms with E-state index in [0.29, 0.717) is 48.7 Å². The number of aromatic nitrogens is 4. The summed E-state index contributed by atoms with van der Waals surface area (Å²) in [5.74, 6) is 0.576. The van der Waals surface area contributed by atoms with Crippen LogP contribution in [0.2, 0.25) is 0 Å². The van der Waals surface area contributed by atoms with Crippen LogP contribution in [-0.4, -0.2) is 82.5 Å². The first-order chi connectivity index (χ1) is 20.4. The van der Waals surface area contributed by atoms with Gasteiger partial charge in [0.15, 0.2) is 5.82 Å². The zero-order valence-corrected chi connectivity index (χ0v) is 23.6. The van der Waals surface area contributed by atoms with Crippen molar-refractivity contribution in [1.29, 1.82) is 5.26 Å². The Hall–Kier alpha value is -4.63. The third-order valence-corrected chi connectivity index (χ3v) is 9.02. The summed E-state index contributed by atoms with van der Waals surface area (Å²) < 4.78 is 0. The lowest BCUT2D eigenvalue weighted by molar-refractivity contribution is -0.131. The highest BCUT2D eigenvalue weighted by atomic mass is 16.2. The van der Waals surface area contributed by atoms with Gasteiger partial charge in [0, 0.05) is 31.3 Å². The molecule has 1 saturated heterocycles. The molecule has 12 heteroatoms. The maximum atomic E-state index is 13.1. The van der Waals surface area contributed by atoms with Gasteiger partial charge < -0.3 is 20.9 Å². The number of rotatable bonds is 8. The molecule has 216 valence electrons. The van der Waals surface area contributed by atoms with Gasteiger partial charge in [-0.1, -0.05) is 12.1 Å². The largest absolute Gasteiger partial charge is 0.355 e. The number of benzene rings is 2. The number of carbonyl (C=O) groups excluding carboxylic acids is 3. The van der Waals surface area contributed by atoms with Crippen LogP contribution in [-0.2, 0) is 23.1 Å². The van der Waals surface area contributed by atoms with Crippen LogP contribution in [0.3, 0.4) is 0 Å². The number of aromatic amines is 1. The first-order valence-corrected chi connectivity index (χ1v) is 14.3. The van der Waals surface area contributed by atoms with Crippen molar-refractivity contribution in [2.24, 2.45) is 5.92 Å². The maximum Gasteiger partial charge on any atom is 0.251 e. The van der Waals surface area contributed by atoms with Gasteiger partial charge in [-0.15, -0.1) is 5.10 Å². The number of nitriles is 1. The molecule has 12 nitrogen and oxygen atoms in total. The van der Waals surface area contributed by atoms with Crippen molar-refractivity contribution in [3.8, 4) is 6.07 Å². The van der Waals surface area contributed by atoms with Crippen LogP contribution in [0.5, 0.6) is 0 Å². The fourth-order valence-electron chi connectivity index (χ4n) is 6.90. The lowest BCUT2D eigenvalue weighted by Gasteiger charge is -2.34. The van der Waals surface area contributed by atoms with Crippen molar-refractivity contribution >= 4 is 17.7 Å². The minimum atomic E-state index is -0.854. The molecule has 42 heavy (non-hydrogen) atoms. The Morgan fingerprint density at radius 1 is 1.02 bits per heavy atom. The number of carbonyl (C=O) groups is 3. The van der Waals surface area contributed by atoms with Crippen molar-refractivity contribution < 1.29 is 14.4 Å². The van der Waals surface area contributed by atoms with E-state index in [9.17, 15) is 19.6 Å². The van der Waals surface area contributed by atoms with Crippen molar-refractivity contribution in [3.05, 3.63) is 75.6 Å². The Bertz CT molecular complexity index is 1510. The third-order valence-electron chi connectivity index (χ3n) is 9.02. The molecule has 4 N–H and O–H groups in total. The maximum absolute atomic E-state index is 13.1. The lowest BCUT2D eigenvalue weighted by atomic mass is 9.69. The predicted molar refractivity (Wildman–Crippen MR) is 151 cm³/mol. The number of piperidine rings is 1. The van der Waals surface area contributed by atoms with Crippen LogP contribution in [0.4, 0.5) is 0 Å². The highest BCUT2D eigenvalue weighted by Crippen LogP contribution is 2.48. The summed E-state index contributed by atoms with van der Waals surface area (Å²) in [4.78, 5) is 40.0. The van der Waals surface area contributed by atoms with E-state index in [4.69, 9.17) is 0 Å². The Labute approximate surface area is 243 Å². The van der Waals surface area contributed by atoms with E-state index in [1.807, 2.05) is 24.3 Å². The van der Waals surface area contributed by atoms with E-state index in [2.05, 4.69) is 42.6 Å². The van der Waals surface area contributed by atoms with Gasteiger partial charge in [0.1, 0.15) is 6.04 Å². The number of hydrogen-bond acceptors (Lipinski definition) is 8.